The predicted molar refractivity (Wildman–Crippen MR) is 118 cm³/mol. The van der Waals surface area contributed by atoms with Gasteiger partial charge in [0.25, 0.3) is 0 Å². The Labute approximate surface area is 181 Å². The smallest absolute Gasteiger partial charge is 0.319 e. The summed E-state index contributed by atoms with van der Waals surface area (Å²) in [5.74, 6) is 0.875. The number of methoxy groups -OCH3 is 1. The summed E-state index contributed by atoms with van der Waals surface area (Å²) in [7, 11) is 1.61. The van der Waals surface area contributed by atoms with Crippen LogP contribution >= 0.6 is 0 Å². The number of carbonyl (C=O) groups is 1. The Morgan fingerprint density at radius 2 is 1.77 bits per heavy atom. The van der Waals surface area contributed by atoms with E-state index in [0.717, 1.165) is 47.4 Å². The maximum absolute atomic E-state index is 10.8. The summed E-state index contributed by atoms with van der Waals surface area (Å²) in [6, 6.07) is 15.2. The minimum Gasteiger partial charge on any atom is -0.497 e. The van der Waals surface area contributed by atoms with Gasteiger partial charge in [0.2, 0.25) is 5.91 Å². The molecule has 0 aliphatic rings. The number of anilines is 1. The Morgan fingerprint density at radius 1 is 1.03 bits per heavy atom. The van der Waals surface area contributed by atoms with Crippen molar-refractivity contribution in [1.29, 1.82) is 0 Å². The lowest BCUT2D eigenvalue weighted by Gasteiger charge is -2.18. The number of primary amides is 1. The molecule has 0 saturated carbocycles. The van der Waals surface area contributed by atoms with Crippen molar-refractivity contribution in [1.82, 2.24) is 9.97 Å². The van der Waals surface area contributed by atoms with E-state index in [2.05, 4.69) is 9.97 Å². The number of unbranched alkanes of at least 4 members (excludes halogenated alkanes) is 3. The molecule has 3 N–H and O–H groups in total. The van der Waals surface area contributed by atoms with Crippen LogP contribution in [0, 0.1) is 0 Å². The van der Waals surface area contributed by atoms with Crippen molar-refractivity contribution in [3.63, 3.8) is 0 Å². The highest BCUT2D eigenvalue weighted by atomic mass is 16.5. The summed E-state index contributed by atoms with van der Waals surface area (Å²) in [5, 5.41) is 12.6. The summed E-state index contributed by atoms with van der Waals surface area (Å²) in [5.41, 5.74) is 6.74. The molecule has 1 aromatic heterocycles. The third-order valence-electron chi connectivity index (χ3n) is 4.85. The second-order valence-electron chi connectivity index (χ2n) is 7.23. The van der Waals surface area contributed by atoms with Gasteiger partial charge in [-0.05, 0) is 42.7 Å². The fraction of sp³-hybridized carbons (Fsp3) is 0.348. The average Bonchev–Trinajstić information content (AvgIpc) is 2.78. The number of hydroxylamine groups is 1. The molecule has 3 aromatic rings. The summed E-state index contributed by atoms with van der Waals surface area (Å²) in [4.78, 5) is 19.7. The second kappa shape index (κ2) is 11.1. The molecule has 0 radical (unpaired) electrons. The molecule has 0 saturated heterocycles. The molecular weight excluding hydrogens is 396 g/mol. The second-order valence-corrected chi connectivity index (χ2v) is 7.23. The van der Waals surface area contributed by atoms with E-state index in [0.29, 0.717) is 24.4 Å². The van der Waals surface area contributed by atoms with Gasteiger partial charge in [-0.3, -0.25) is 10.0 Å². The number of para-hydroxylation sites is 1. The predicted octanol–water partition coefficient (Wildman–Crippen LogP) is 3.85. The molecule has 0 unspecified atom stereocenters. The Morgan fingerprint density at radius 3 is 2.52 bits per heavy atom. The van der Waals surface area contributed by atoms with E-state index in [-0.39, 0.29) is 18.5 Å². The van der Waals surface area contributed by atoms with Crippen molar-refractivity contribution in [2.75, 3.05) is 18.8 Å². The quantitative estimate of drug-likeness (QED) is 0.336. The van der Waals surface area contributed by atoms with Crippen LogP contribution < -0.4 is 20.3 Å². The fourth-order valence-corrected chi connectivity index (χ4v) is 3.20. The summed E-state index contributed by atoms with van der Waals surface area (Å²) in [6.45, 7) is 0.711. The van der Waals surface area contributed by atoms with Crippen LogP contribution in [0.25, 0.3) is 10.9 Å². The number of hydrogen-bond acceptors (Lipinski definition) is 7. The van der Waals surface area contributed by atoms with Gasteiger partial charge in [0.15, 0.2) is 5.82 Å². The number of rotatable bonds is 12. The number of aromatic nitrogens is 2. The first-order chi connectivity index (χ1) is 15.1. The van der Waals surface area contributed by atoms with Crippen LogP contribution in [0.1, 0.15) is 37.7 Å². The van der Waals surface area contributed by atoms with Crippen molar-refractivity contribution in [2.24, 2.45) is 5.73 Å². The standard InChI is InChI=1S/C23H28N4O4/c1-30-18-13-11-17(12-14-18)16-27(29)22-19-8-5-6-9-20(19)25-23(26-22)31-15-7-3-2-4-10-21(24)28/h5-6,8-9,11-14,29H,2-4,7,10,15-16H2,1H3,(H2,24,28). The van der Waals surface area contributed by atoms with E-state index in [1.165, 1.54) is 0 Å². The Balaban J connectivity index is 1.66. The molecule has 0 atom stereocenters. The number of hydrogen-bond donors (Lipinski definition) is 2. The Kier molecular flexibility index (Phi) is 8.00. The van der Waals surface area contributed by atoms with Crippen molar-refractivity contribution in [3.8, 4) is 11.8 Å². The minimum absolute atomic E-state index is 0.222. The molecule has 1 amide bonds. The Hall–Kier alpha value is -3.39. The molecule has 31 heavy (non-hydrogen) atoms. The fourth-order valence-electron chi connectivity index (χ4n) is 3.20. The van der Waals surface area contributed by atoms with Crippen molar-refractivity contribution in [3.05, 3.63) is 54.1 Å². The van der Waals surface area contributed by atoms with Gasteiger partial charge in [-0.2, -0.15) is 9.97 Å². The van der Waals surface area contributed by atoms with E-state index in [4.69, 9.17) is 15.2 Å². The van der Waals surface area contributed by atoms with E-state index in [9.17, 15) is 10.0 Å². The lowest BCUT2D eigenvalue weighted by molar-refractivity contribution is -0.118. The number of ether oxygens (including phenoxy) is 2. The van der Waals surface area contributed by atoms with Crippen molar-refractivity contribution >= 4 is 22.6 Å². The SMILES string of the molecule is COc1ccc(CN(O)c2nc(OCCCCCCC(N)=O)nc3ccccc23)cc1. The van der Waals surface area contributed by atoms with Gasteiger partial charge in [0, 0.05) is 11.8 Å². The number of nitrogens with zero attached hydrogens (tertiary/aromatic N) is 3. The number of fused-ring (bicyclic) bond motifs is 1. The zero-order valence-electron chi connectivity index (χ0n) is 17.7. The molecule has 2 aromatic carbocycles. The molecule has 1 heterocycles. The zero-order chi connectivity index (χ0) is 22.1. The normalized spacial score (nSPS) is 10.8. The van der Waals surface area contributed by atoms with Crippen LogP contribution in [0.15, 0.2) is 48.5 Å². The van der Waals surface area contributed by atoms with E-state index in [1.807, 2.05) is 48.5 Å². The lowest BCUT2D eigenvalue weighted by Crippen LogP contribution is -2.19. The van der Waals surface area contributed by atoms with Gasteiger partial charge < -0.3 is 15.2 Å². The summed E-state index contributed by atoms with van der Waals surface area (Å²) >= 11 is 0. The number of benzene rings is 2. The number of nitrogens with two attached hydrogens (primary N) is 1. The third kappa shape index (κ3) is 6.55. The van der Waals surface area contributed by atoms with Crippen molar-refractivity contribution < 1.29 is 19.5 Å². The Bertz CT molecular complexity index is 995. The van der Waals surface area contributed by atoms with Crippen LogP contribution in [-0.4, -0.2) is 34.8 Å². The third-order valence-corrected chi connectivity index (χ3v) is 4.85. The zero-order valence-corrected chi connectivity index (χ0v) is 17.7. The van der Waals surface area contributed by atoms with Crippen LogP contribution in [0.2, 0.25) is 0 Å². The maximum atomic E-state index is 10.8. The first-order valence-electron chi connectivity index (χ1n) is 10.3. The molecular formula is C23H28N4O4. The lowest BCUT2D eigenvalue weighted by atomic mass is 10.1. The molecule has 0 aliphatic carbocycles. The molecule has 8 nitrogen and oxygen atoms in total. The number of amides is 1. The minimum atomic E-state index is -0.267. The van der Waals surface area contributed by atoms with Gasteiger partial charge in [-0.25, -0.2) is 5.06 Å². The molecule has 0 bridgehead atoms. The van der Waals surface area contributed by atoms with Crippen molar-refractivity contribution in [2.45, 2.75) is 38.6 Å². The van der Waals surface area contributed by atoms with Gasteiger partial charge in [-0.1, -0.05) is 37.1 Å². The molecule has 0 spiro atoms. The van der Waals surface area contributed by atoms with Crippen LogP contribution in [-0.2, 0) is 11.3 Å². The van der Waals surface area contributed by atoms with Gasteiger partial charge in [0.05, 0.1) is 25.8 Å². The number of carbonyl (C=O) groups excluding carboxylic acids is 1. The first-order valence-corrected chi connectivity index (χ1v) is 10.3. The van der Waals surface area contributed by atoms with Gasteiger partial charge >= 0.3 is 6.01 Å². The highest BCUT2D eigenvalue weighted by Gasteiger charge is 2.14. The highest BCUT2D eigenvalue weighted by Crippen LogP contribution is 2.26. The maximum Gasteiger partial charge on any atom is 0.319 e. The summed E-state index contributed by atoms with van der Waals surface area (Å²) in [6.07, 6.45) is 3.87. The van der Waals surface area contributed by atoms with Crippen LogP contribution in [0.5, 0.6) is 11.8 Å². The topological polar surface area (TPSA) is 111 Å². The molecule has 0 aliphatic heterocycles. The summed E-state index contributed by atoms with van der Waals surface area (Å²) < 4.78 is 10.9. The molecule has 0 fully saturated rings. The van der Waals surface area contributed by atoms with E-state index < -0.39 is 0 Å². The van der Waals surface area contributed by atoms with Crippen LogP contribution in [0.4, 0.5) is 5.82 Å². The van der Waals surface area contributed by atoms with E-state index >= 15 is 0 Å². The highest BCUT2D eigenvalue weighted by molar-refractivity contribution is 5.89. The average molecular weight is 425 g/mol. The van der Waals surface area contributed by atoms with Gasteiger partial charge in [0.1, 0.15) is 5.75 Å². The first kappa shape index (κ1) is 22.3. The monoisotopic (exact) mass is 424 g/mol. The molecule has 8 heteroatoms. The van der Waals surface area contributed by atoms with Gasteiger partial charge in [-0.15, -0.1) is 0 Å². The molecule has 3 rings (SSSR count). The van der Waals surface area contributed by atoms with Crippen LogP contribution in [0.3, 0.4) is 0 Å². The largest absolute Gasteiger partial charge is 0.497 e. The van der Waals surface area contributed by atoms with E-state index in [1.54, 1.807) is 7.11 Å². The molecule has 164 valence electrons.